The van der Waals surface area contributed by atoms with Crippen molar-refractivity contribution >= 4 is 29.8 Å². The van der Waals surface area contributed by atoms with E-state index in [1.807, 2.05) is 0 Å². The Hall–Kier alpha value is -4.25. The van der Waals surface area contributed by atoms with Crippen LogP contribution in [0.25, 0.3) is 0 Å². The van der Waals surface area contributed by atoms with Gasteiger partial charge in [-0.05, 0) is 218 Å². The van der Waals surface area contributed by atoms with Crippen molar-refractivity contribution in [3.63, 3.8) is 0 Å². The lowest BCUT2D eigenvalue weighted by Crippen LogP contribution is -2.52. The quantitative estimate of drug-likeness (QED) is 0.0606. The van der Waals surface area contributed by atoms with Crippen LogP contribution < -0.4 is 0 Å². The first-order valence-electron chi connectivity index (χ1n) is 29.7. The maximum atomic E-state index is 11.7. The highest BCUT2D eigenvalue weighted by Gasteiger charge is 2.63. The van der Waals surface area contributed by atoms with E-state index in [0.717, 1.165) is 110 Å². The average Bonchev–Trinajstić information content (AvgIpc) is 4.36. The van der Waals surface area contributed by atoms with Crippen molar-refractivity contribution in [2.75, 3.05) is 20.3 Å². The van der Waals surface area contributed by atoms with Crippen LogP contribution in [0.3, 0.4) is 0 Å². The molecule has 0 N–H and O–H groups in total. The summed E-state index contributed by atoms with van der Waals surface area (Å²) >= 11 is 0. The number of allylic oxidation sites excluding steroid dienone is 2. The molecule has 76 heavy (non-hydrogen) atoms. The van der Waals surface area contributed by atoms with Gasteiger partial charge in [0.2, 0.25) is 0 Å². The Morgan fingerprint density at radius 1 is 0.592 bits per heavy atom. The Morgan fingerprint density at radius 3 is 1.76 bits per heavy atom. The summed E-state index contributed by atoms with van der Waals surface area (Å²) in [5, 5.41) is 0. The van der Waals surface area contributed by atoms with Crippen molar-refractivity contribution in [2.24, 2.45) is 81.8 Å². The van der Waals surface area contributed by atoms with Gasteiger partial charge in [-0.3, -0.25) is 0 Å². The molecule has 0 radical (unpaired) electrons. The molecule has 0 aromatic rings. The first-order valence-corrected chi connectivity index (χ1v) is 29.7. The lowest BCUT2D eigenvalue weighted by atomic mass is 9.54. The smallest absolute Gasteiger partial charge is 0.333 e. The fraction of sp³-hybridized carbons (Fsp3) is 0.738. The number of carbonyl (C=O) groups is 5. The molecule has 0 heterocycles. The van der Waals surface area contributed by atoms with Crippen molar-refractivity contribution in [2.45, 2.75) is 199 Å². The summed E-state index contributed by atoms with van der Waals surface area (Å²) in [5.74, 6) is 9.52. The number of methoxy groups -OCH3 is 1. The number of hydrogen-bond donors (Lipinski definition) is 0. The molecule has 13 rings (SSSR count). The van der Waals surface area contributed by atoms with E-state index in [0.29, 0.717) is 36.0 Å². The Kier molecular flexibility index (Phi) is 20.8. The standard InChI is InChI=1S/C14H20O2.C13H18O2.C13H20O2.C10H14.C9H14O2.C6H10O3/c1-9(2)13(15)16-14-6-10-3-11(7-14)5-12(4-10)8-14;1-2-13(14)15-12-7-8-6-11(12)10-5-3-4-9(8)10;1-5-11(14)15-10-8-9-6-7-13(10,4)12(9,2)3;1-2-9-7-4-5-8(6-7)10(9)3-1;1-2-9(10)11-8-6-4-3-5-7-8;1-3-6(7)9-5-4-8-2/h10-12H,1,3-8H2,2H3;2,8-12H,1,3-7H2;5,9-10H,1,6-8H2,2-4H3;1-2,7-10H,3-6H2;2,8H,1,3-7H2;3H,1,4-5H2,2H3. The van der Waals surface area contributed by atoms with Gasteiger partial charge in [0.05, 0.1) is 6.61 Å². The van der Waals surface area contributed by atoms with Crippen LogP contribution in [0, 0.1) is 81.8 Å². The van der Waals surface area contributed by atoms with E-state index in [2.05, 4.69) is 75.3 Å². The summed E-state index contributed by atoms with van der Waals surface area (Å²) in [6, 6.07) is 0. The highest BCUT2D eigenvalue weighted by molar-refractivity contribution is 5.87. The van der Waals surface area contributed by atoms with Gasteiger partial charge in [-0.1, -0.05) is 78.7 Å². The van der Waals surface area contributed by atoms with Gasteiger partial charge in [0.1, 0.15) is 30.5 Å². The largest absolute Gasteiger partial charge is 0.460 e. The van der Waals surface area contributed by atoms with Crippen LogP contribution in [0.2, 0.25) is 0 Å². The monoisotopic (exact) mass is 1050 g/mol. The van der Waals surface area contributed by atoms with Crippen molar-refractivity contribution in [3.8, 4) is 0 Å². The number of carbonyl (C=O) groups excluding carboxylic acids is 5. The van der Waals surface area contributed by atoms with Crippen LogP contribution in [-0.2, 0) is 52.4 Å². The predicted octanol–water partition coefficient (Wildman–Crippen LogP) is 13.6. The molecule has 12 unspecified atom stereocenters. The van der Waals surface area contributed by atoms with Crippen molar-refractivity contribution in [3.05, 3.63) is 74.9 Å². The first-order chi connectivity index (χ1) is 36.4. The summed E-state index contributed by atoms with van der Waals surface area (Å²) in [6.45, 7) is 26.5. The Bertz CT molecular complexity index is 2080. The molecule has 11 heteroatoms. The molecule has 12 saturated carbocycles. The van der Waals surface area contributed by atoms with E-state index in [1.165, 1.54) is 108 Å². The SMILES string of the molecule is C1=CC2C3CCC(C3)C2C1.C=C(C)C(=O)OC12CC3CC(CC(C3)C1)C2.C=CC(=O)OC1CC2CC1C1CCCC21.C=CC(=O)OC1CC2CCC1(C)C2(C)C.C=CC(=O)OC1CCCCC1.C=CC(=O)OCCOC. The number of rotatable bonds is 12. The van der Waals surface area contributed by atoms with Crippen LogP contribution in [0.5, 0.6) is 0 Å². The Morgan fingerprint density at radius 2 is 1.20 bits per heavy atom. The maximum Gasteiger partial charge on any atom is 0.333 e. The van der Waals surface area contributed by atoms with Crippen LogP contribution >= 0.6 is 0 Å². The molecule has 0 aromatic heterocycles. The lowest BCUT2D eigenvalue weighted by Gasteiger charge is -2.55. The second-order valence-electron chi connectivity index (χ2n) is 25.8. The molecule has 13 aliphatic carbocycles. The molecule has 11 nitrogen and oxygen atoms in total. The van der Waals surface area contributed by atoms with E-state index in [-0.39, 0.29) is 53.2 Å². The van der Waals surface area contributed by atoms with Gasteiger partial charge in [0, 0.05) is 42.4 Å². The summed E-state index contributed by atoms with van der Waals surface area (Å²) < 4.78 is 31.0. The number of esters is 5. The third-order valence-corrected chi connectivity index (χ3v) is 21.2. The zero-order chi connectivity index (χ0) is 54.8. The predicted molar refractivity (Wildman–Crippen MR) is 296 cm³/mol. The molecule has 0 spiro atoms. The second kappa shape index (κ2) is 26.6. The van der Waals surface area contributed by atoms with Crippen molar-refractivity contribution in [1.82, 2.24) is 0 Å². The molecular weight excluding hydrogens is 957 g/mol. The molecule has 12 fully saturated rings. The minimum Gasteiger partial charge on any atom is -0.460 e. The normalized spacial score (nSPS) is 37.9. The Balaban J connectivity index is 0.000000134. The van der Waals surface area contributed by atoms with Gasteiger partial charge in [-0.15, -0.1) is 0 Å². The second-order valence-corrected chi connectivity index (χ2v) is 25.8. The summed E-state index contributed by atoms with van der Waals surface area (Å²) in [6.07, 6.45) is 39.6. The number of fused-ring (bicyclic) bond motifs is 12. The molecule has 10 bridgehead atoms. The van der Waals surface area contributed by atoms with E-state index < -0.39 is 5.97 Å². The van der Waals surface area contributed by atoms with E-state index >= 15 is 0 Å². The first kappa shape index (κ1) is 59.4. The van der Waals surface area contributed by atoms with Gasteiger partial charge in [-0.2, -0.15) is 0 Å². The highest BCUT2D eigenvalue weighted by atomic mass is 16.6. The van der Waals surface area contributed by atoms with Gasteiger partial charge in [0.15, 0.2) is 0 Å². The Labute approximate surface area is 456 Å². The van der Waals surface area contributed by atoms with Crippen LogP contribution in [0.15, 0.2) is 74.9 Å². The zero-order valence-corrected chi connectivity index (χ0v) is 47.3. The van der Waals surface area contributed by atoms with Gasteiger partial charge in [-0.25, -0.2) is 24.0 Å². The lowest BCUT2D eigenvalue weighted by molar-refractivity contribution is -0.182. The minimum absolute atomic E-state index is 0.0942. The molecular formula is C65H96O11. The van der Waals surface area contributed by atoms with Crippen LogP contribution in [0.1, 0.15) is 175 Å². The molecule has 0 aromatic carbocycles. The van der Waals surface area contributed by atoms with E-state index in [9.17, 15) is 24.0 Å². The third-order valence-electron chi connectivity index (χ3n) is 21.2. The maximum absolute atomic E-state index is 11.7. The van der Waals surface area contributed by atoms with Gasteiger partial charge in [0.25, 0.3) is 0 Å². The van der Waals surface area contributed by atoms with Gasteiger partial charge >= 0.3 is 29.8 Å². The molecule has 12 atom stereocenters. The molecule has 0 saturated heterocycles. The van der Waals surface area contributed by atoms with Crippen molar-refractivity contribution in [1.29, 1.82) is 0 Å². The molecule has 0 aliphatic heterocycles. The zero-order valence-electron chi connectivity index (χ0n) is 47.3. The van der Waals surface area contributed by atoms with E-state index in [1.54, 1.807) is 26.9 Å². The fourth-order valence-electron chi connectivity index (χ4n) is 17.5. The molecule has 13 aliphatic rings. The number of hydrogen-bond acceptors (Lipinski definition) is 11. The number of ether oxygens (including phenoxy) is 6. The summed E-state index contributed by atoms with van der Waals surface area (Å²) in [4.78, 5) is 55.2. The third kappa shape index (κ3) is 14.1. The van der Waals surface area contributed by atoms with Crippen molar-refractivity contribution < 1.29 is 52.4 Å². The fourth-order valence-corrected chi connectivity index (χ4v) is 17.5. The summed E-state index contributed by atoms with van der Waals surface area (Å²) in [7, 11) is 1.54. The van der Waals surface area contributed by atoms with Crippen LogP contribution in [0.4, 0.5) is 0 Å². The highest BCUT2D eigenvalue weighted by Crippen LogP contribution is 2.66. The molecule has 0 amide bonds. The topological polar surface area (TPSA) is 141 Å². The van der Waals surface area contributed by atoms with Crippen LogP contribution in [-0.4, -0.2) is 74.1 Å². The van der Waals surface area contributed by atoms with E-state index in [4.69, 9.17) is 18.9 Å². The molecule has 422 valence electrons. The van der Waals surface area contributed by atoms with Gasteiger partial charge < -0.3 is 28.4 Å². The summed E-state index contributed by atoms with van der Waals surface area (Å²) in [5.41, 5.74) is 0.899. The average molecular weight is 1050 g/mol. The minimum atomic E-state index is -0.410.